The lowest BCUT2D eigenvalue weighted by atomic mass is 10.1. The summed E-state index contributed by atoms with van der Waals surface area (Å²) < 4.78 is 5.43. The Labute approximate surface area is 134 Å². The third-order valence-corrected chi connectivity index (χ3v) is 4.99. The number of likely N-dealkylation sites (tertiary alicyclic amines) is 1. The van der Waals surface area contributed by atoms with E-state index in [0.717, 1.165) is 44.8 Å². The van der Waals surface area contributed by atoms with Gasteiger partial charge in [0, 0.05) is 31.7 Å². The van der Waals surface area contributed by atoms with Gasteiger partial charge < -0.3 is 14.6 Å². The number of aromatic amines is 1. The van der Waals surface area contributed by atoms with Gasteiger partial charge in [0.2, 0.25) is 0 Å². The van der Waals surface area contributed by atoms with Crippen LogP contribution in [0, 0.1) is 0 Å². The van der Waals surface area contributed by atoms with Crippen molar-refractivity contribution >= 4 is 17.1 Å². The van der Waals surface area contributed by atoms with Gasteiger partial charge in [0.1, 0.15) is 5.69 Å². The summed E-state index contributed by atoms with van der Waals surface area (Å²) in [5.41, 5.74) is 1.91. The van der Waals surface area contributed by atoms with Crippen molar-refractivity contribution in [1.82, 2.24) is 24.8 Å². The predicted octanol–water partition coefficient (Wildman–Crippen LogP) is 0.893. The summed E-state index contributed by atoms with van der Waals surface area (Å²) in [6.07, 6.45) is 2.61. The number of aromatic nitrogens is 3. The molecule has 23 heavy (non-hydrogen) atoms. The third kappa shape index (κ3) is 2.60. The van der Waals surface area contributed by atoms with E-state index in [2.05, 4.69) is 26.8 Å². The Kier molecular flexibility index (Phi) is 3.74. The van der Waals surface area contributed by atoms with Crippen LogP contribution in [0.4, 0.5) is 0 Å². The highest BCUT2D eigenvalue weighted by atomic mass is 16.5. The highest BCUT2D eigenvalue weighted by Crippen LogP contribution is 2.25. The number of carbonyl (C=O) groups excluding carboxylic acids is 1. The molecule has 0 saturated carbocycles. The number of H-pyrrole nitrogens is 1. The van der Waals surface area contributed by atoms with Crippen molar-refractivity contribution in [3.05, 3.63) is 24.2 Å². The van der Waals surface area contributed by atoms with Crippen LogP contribution in [0.1, 0.15) is 23.8 Å². The average Bonchev–Trinajstić information content (AvgIpc) is 3.20. The molecule has 0 spiro atoms. The Morgan fingerprint density at radius 3 is 2.96 bits per heavy atom. The fourth-order valence-electron chi connectivity index (χ4n) is 3.70. The summed E-state index contributed by atoms with van der Waals surface area (Å²) in [7, 11) is 0. The zero-order valence-corrected chi connectivity index (χ0v) is 13.2. The summed E-state index contributed by atoms with van der Waals surface area (Å²) >= 11 is 0. The minimum Gasteiger partial charge on any atom is -0.379 e. The molecule has 0 unspecified atom stereocenters. The van der Waals surface area contributed by atoms with E-state index in [1.807, 2.05) is 11.0 Å². The van der Waals surface area contributed by atoms with E-state index in [1.54, 1.807) is 12.4 Å². The summed E-state index contributed by atoms with van der Waals surface area (Å²) in [6.45, 7) is 6.40. The second-order valence-electron chi connectivity index (χ2n) is 6.21. The van der Waals surface area contributed by atoms with Gasteiger partial charge in [-0.3, -0.25) is 9.69 Å². The second-order valence-corrected chi connectivity index (χ2v) is 6.21. The first-order valence-corrected chi connectivity index (χ1v) is 8.17. The van der Waals surface area contributed by atoms with Crippen LogP contribution in [-0.4, -0.2) is 75.6 Å². The molecule has 2 aromatic rings. The maximum Gasteiger partial charge on any atom is 0.272 e. The number of hydrogen-bond donors (Lipinski definition) is 1. The Morgan fingerprint density at radius 2 is 2.13 bits per heavy atom. The number of rotatable bonds is 2. The molecule has 7 heteroatoms. The van der Waals surface area contributed by atoms with Crippen molar-refractivity contribution in [1.29, 1.82) is 0 Å². The maximum atomic E-state index is 12.8. The SMILES string of the molecule is C[C@@H]1[C@H](N2CCOCC2)CCN1C(=O)c1ccc2[nH]cnc2n1. The van der Waals surface area contributed by atoms with Crippen LogP contribution in [0.25, 0.3) is 11.2 Å². The number of imidazole rings is 1. The fraction of sp³-hybridized carbons (Fsp3) is 0.562. The molecule has 4 heterocycles. The van der Waals surface area contributed by atoms with Crippen LogP contribution in [0.3, 0.4) is 0 Å². The summed E-state index contributed by atoms with van der Waals surface area (Å²) in [6, 6.07) is 4.25. The number of nitrogens with one attached hydrogen (secondary N) is 1. The minimum absolute atomic E-state index is 0.00170. The monoisotopic (exact) mass is 315 g/mol. The van der Waals surface area contributed by atoms with Crippen LogP contribution in [0.5, 0.6) is 0 Å². The molecule has 2 saturated heterocycles. The first-order valence-electron chi connectivity index (χ1n) is 8.17. The Balaban J connectivity index is 1.52. The van der Waals surface area contributed by atoms with E-state index in [-0.39, 0.29) is 11.9 Å². The predicted molar refractivity (Wildman–Crippen MR) is 85.2 cm³/mol. The first-order chi connectivity index (χ1) is 11.2. The zero-order chi connectivity index (χ0) is 15.8. The number of carbonyl (C=O) groups is 1. The molecule has 7 nitrogen and oxygen atoms in total. The Bertz CT molecular complexity index is 709. The van der Waals surface area contributed by atoms with Gasteiger partial charge >= 0.3 is 0 Å². The van der Waals surface area contributed by atoms with Crippen LogP contribution >= 0.6 is 0 Å². The number of pyridine rings is 1. The molecule has 2 aliphatic rings. The fourth-order valence-corrected chi connectivity index (χ4v) is 3.70. The topological polar surface area (TPSA) is 74.3 Å². The number of morpholine rings is 1. The molecular formula is C16H21N5O2. The van der Waals surface area contributed by atoms with Crippen molar-refractivity contribution in [2.24, 2.45) is 0 Å². The molecule has 0 bridgehead atoms. The smallest absolute Gasteiger partial charge is 0.272 e. The van der Waals surface area contributed by atoms with Gasteiger partial charge in [-0.2, -0.15) is 0 Å². The summed E-state index contributed by atoms with van der Waals surface area (Å²) in [4.78, 5) is 28.7. The number of hydrogen-bond acceptors (Lipinski definition) is 5. The Morgan fingerprint density at radius 1 is 1.30 bits per heavy atom. The third-order valence-electron chi connectivity index (χ3n) is 4.99. The number of nitrogens with zero attached hydrogens (tertiary/aromatic N) is 4. The van der Waals surface area contributed by atoms with E-state index in [4.69, 9.17) is 4.74 Å². The molecule has 2 fully saturated rings. The molecule has 1 N–H and O–H groups in total. The average molecular weight is 315 g/mol. The molecule has 0 aliphatic carbocycles. The standard InChI is InChI=1S/C16H21N5O2/c1-11-14(20-6-8-23-9-7-20)4-5-21(11)16(22)13-3-2-12-15(19-13)18-10-17-12/h2-3,10-11,14H,4-9H2,1H3,(H,17,18,19)/t11-,14-/m1/s1. The summed E-state index contributed by atoms with van der Waals surface area (Å²) in [5, 5.41) is 0. The van der Waals surface area contributed by atoms with E-state index in [0.29, 0.717) is 17.4 Å². The van der Waals surface area contributed by atoms with Gasteiger partial charge in [-0.1, -0.05) is 0 Å². The normalized spacial score (nSPS) is 26.0. The molecule has 2 aromatic heterocycles. The largest absolute Gasteiger partial charge is 0.379 e. The van der Waals surface area contributed by atoms with Crippen LogP contribution in [0.2, 0.25) is 0 Å². The lowest BCUT2D eigenvalue weighted by Gasteiger charge is -2.35. The van der Waals surface area contributed by atoms with Crippen molar-refractivity contribution in [3.8, 4) is 0 Å². The van der Waals surface area contributed by atoms with Crippen molar-refractivity contribution < 1.29 is 9.53 Å². The Hall–Kier alpha value is -1.99. The maximum absolute atomic E-state index is 12.8. The van der Waals surface area contributed by atoms with E-state index in [9.17, 15) is 4.79 Å². The van der Waals surface area contributed by atoms with Crippen molar-refractivity contribution in [2.45, 2.75) is 25.4 Å². The number of ether oxygens (including phenoxy) is 1. The highest BCUT2D eigenvalue weighted by molar-refractivity contribution is 5.94. The molecule has 2 atom stereocenters. The molecule has 0 aromatic carbocycles. The lowest BCUT2D eigenvalue weighted by Crippen LogP contribution is -2.49. The van der Waals surface area contributed by atoms with Gasteiger partial charge in [-0.15, -0.1) is 0 Å². The van der Waals surface area contributed by atoms with Crippen LogP contribution in [0.15, 0.2) is 18.5 Å². The first kappa shape index (κ1) is 14.6. The van der Waals surface area contributed by atoms with Gasteiger partial charge in [-0.05, 0) is 25.5 Å². The van der Waals surface area contributed by atoms with Gasteiger partial charge in [0.25, 0.3) is 5.91 Å². The molecule has 2 aliphatic heterocycles. The zero-order valence-electron chi connectivity index (χ0n) is 13.2. The lowest BCUT2D eigenvalue weighted by molar-refractivity contribution is 0.0104. The number of amides is 1. The molecule has 122 valence electrons. The van der Waals surface area contributed by atoms with Gasteiger partial charge in [0.15, 0.2) is 5.65 Å². The highest BCUT2D eigenvalue weighted by Gasteiger charge is 2.38. The molecule has 0 radical (unpaired) electrons. The number of fused-ring (bicyclic) bond motifs is 1. The quantitative estimate of drug-likeness (QED) is 0.891. The van der Waals surface area contributed by atoms with E-state index >= 15 is 0 Å². The molecule has 4 rings (SSSR count). The molecule has 1 amide bonds. The summed E-state index contributed by atoms with van der Waals surface area (Å²) in [5.74, 6) is -0.00170. The van der Waals surface area contributed by atoms with Crippen LogP contribution < -0.4 is 0 Å². The van der Waals surface area contributed by atoms with Crippen LogP contribution in [-0.2, 0) is 4.74 Å². The second kappa shape index (κ2) is 5.90. The minimum atomic E-state index is -0.00170. The van der Waals surface area contributed by atoms with Crippen molar-refractivity contribution in [3.63, 3.8) is 0 Å². The van der Waals surface area contributed by atoms with E-state index in [1.165, 1.54) is 0 Å². The van der Waals surface area contributed by atoms with E-state index < -0.39 is 0 Å². The molecular weight excluding hydrogens is 294 g/mol. The van der Waals surface area contributed by atoms with Gasteiger partial charge in [0.05, 0.1) is 25.1 Å². The van der Waals surface area contributed by atoms with Gasteiger partial charge in [-0.25, -0.2) is 9.97 Å². The van der Waals surface area contributed by atoms with Crippen molar-refractivity contribution in [2.75, 3.05) is 32.8 Å².